The quantitative estimate of drug-likeness (QED) is 0.808. The third-order valence-corrected chi connectivity index (χ3v) is 2.31. The van der Waals surface area contributed by atoms with Gasteiger partial charge in [-0.25, -0.2) is 15.0 Å². The SMILES string of the molecule is CC(C)c1cccc(OCc2ncccn2)n1. The standard InChI is InChI=1S/C13H15N3O/c1-10(2)11-5-3-6-13(16-11)17-9-12-14-7-4-8-15-12/h3-8,10H,9H2,1-2H3. The Kier molecular flexibility index (Phi) is 3.65. The van der Waals surface area contributed by atoms with Crippen LogP contribution in [-0.4, -0.2) is 15.0 Å². The Labute approximate surface area is 101 Å². The maximum Gasteiger partial charge on any atom is 0.213 e. The first-order valence-electron chi connectivity index (χ1n) is 5.61. The highest BCUT2D eigenvalue weighted by Crippen LogP contribution is 2.15. The molecule has 2 heterocycles. The summed E-state index contributed by atoms with van der Waals surface area (Å²) in [6, 6.07) is 7.57. The Morgan fingerprint density at radius 1 is 1.12 bits per heavy atom. The minimum absolute atomic E-state index is 0.343. The van der Waals surface area contributed by atoms with Gasteiger partial charge in [0.05, 0.1) is 0 Å². The molecule has 0 aliphatic rings. The van der Waals surface area contributed by atoms with Gasteiger partial charge in [-0.1, -0.05) is 19.9 Å². The van der Waals surface area contributed by atoms with E-state index in [4.69, 9.17) is 4.74 Å². The average molecular weight is 229 g/mol. The molecule has 0 fully saturated rings. The third-order valence-electron chi connectivity index (χ3n) is 2.31. The first-order chi connectivity index (χ1) is 8.25. The molecule has 0 aliphatic carbocycles. The number of rotatable bonds is 4. The number of aromatic nitrogens is 3. The van der Waals surface area contributed by atoms with E-state index in [9.17, 15) is 0 Å². The van der Waals surface area contributed by atoms with E-state index in [1.54, 1.807) is 18.5 Å². The van der Waals surface area contributed by atoms with Gasteiger partial charge in [0.15, 0.2) is 5.82 Å². The second kappa shape index (κ2) is 5.39. The molecule has 2 aromatic rings. The smallest absolute Gasteiger partial charge is 0.213 e. The number of ether oxygens (including phenoxy) is 1. The van der Waals surface area contributed by atoms with Crippen molar-refractivity contribution in [3.05, 3.63) is 48.2 Å². The van der Waals surface area contributed by atoms with Crippen molar-refractivity contribution in [1.82, 2.24) is 15.0 Å². The van der Waals surface area contributed by atoms with Gasteiger partial charge < -0.3 is 4.74 Å². The fraction of sp³-hybridized carbons (Fsp3) is 0.308. The number of hydrogen-bond donors (Lipinski definition) is 0. The van der Waals surface area contributed by atoms with Gasteiger partial charge in [-0.3, -0.25) is 0 Å². The van der Waals surface area contributed by atoms with Crippen LogP contribution in [-0.2, 0) is 6.61 Å². The van der Waals surface area contributed by atoms with E-state index in [2.05, 4.69) is 28.8 Å². The summed E-state index contributed by atoms with van der Waals surface area (Å²) >= 11 is 0. The fourth-order valence-electron chi connectivity index (χ4n) is 1.38. The van der Waals surface area contributed by atoms with Crippen molar-refractivity contribution < 1.29 is 4.74 Å². The van der Waals surface area contributed by atoms with Crippen molar-refractivity contribution in [2.45, 2.75) is 26.4 Å². The van der Waals surface area contributed by atoms with Crippen LogP contribution < -0.4 is 4.74 Å². The van der Waals surface area contributed by atoms with E-state index in [1.165, 1.54) is 0 Å². The van der Waals surface area contributed by atoms with Gasteiger partial charge in [0.1, 0.15) is 6.61 Å². The lowest BCUT2D eigenvalue weighted by Crippen LogP contribution is -2.02. The van der Waals surface area contributed by atoms with Gasteiger partial charge in [0.25, 0.3) is 0 Å². The third kappa shape index (κ3) is 3.24. The molecule has 0 saturated heterocycles. The molecule has 0 bridgehead atoms. The molecule has 0 unspecified atom stereocenters. The minimum Gasteiger partial charge on any atom is -0.469 e. The van der Waals surface area contributed by atoms with Crippen LogP contribution >= 0.6 is 0 Å². The van der Waals surface area contributed by atoms with Crippen LogP contribution in [0.25, 0.3) is 0 Å². The summed E-state index contributed by atoms with van der Waals surface area (Å²) in [6.45, 7) is 4.55. The van der Waals surface area contributed by atoms with Gasteiger partial charge in [-0.15, -0.1) is 0 Å². The van der Waals surface area contributed by atoms with Crippen LogP contribution in [0.4, 0.5) is 0 Å². The topological polar surface area (TPSA) is 47.9 Å². The predicted molar refractivity (Wildman–Crippen MR) is 64.7 cm³/mol. The number of hydrogen-bond acceptors (Lipinski definition) is 4. The molecule has 0 amide bonds. The zero-order chi connectivity index (χ0) is 12.1. The van der Waals surface area contributed by atoms with E-state index in [-0.39, 0.29) is 0 Å². The van der Waals surface area contributed by atoms with Crippen LogP contribution in [0.5, 0.6) is 5.88 Å². The monoisotopic (exact) mass is 229 g/mol. The molecule has 2 rings (SSSR count). The summed E-state index contributed by atoms with van der Waals surface area (Å²) in [5.41, 5.74) is 1.02. The zero-order valence-electron chi connectivity index (χ0n) is 10.00. The number of nitrogens with zero attached hydrogens (tertiary/aromatic N) is 3. The molecule has 2 aromatic heterocycles. The van der Waals surface area contributed by atoms with Crippen molar-refractivity contribution >= 4 is 0 Å². The lowest BCUT2D eigenvalue weighted by atomic mass is 10.1. The van der Waals surface area contributed by atoms with Crippen molar-refractivity contribution in [2.75, 3.05) is 0 Å². The molecule has 4 heteroatoms. The molecule has 0 N–H and O–H groups in total. The molecule has 0 saturated carbocycles. The Morgan fingerprint density at radius 2 is 1.88 bits per heavy atom. The zero-order valence-corrected chi connectivity index (χ0v) is 10.00. The first-order valence-corrected chi connectivity index (χ1v) is 5.61. The highest BCUT2D eigenvalue weighted by molar-refractivity contribution is 5.17. The molecular weight excluding hydrogens is 214 g/mol. The lowest BCUT2D eigenvalue weighted by molar-refractivity contribution is 0.283. The second-order valence-electron chi connectivity index (χ2n) is 4.01. The summed E-state index contributed by atoms with van der Waals surface area (Å²) in [4.78, 5) is 12.6. The molecule has 17 heavy (non-hydrogen) atoms. The summed E-state index contributed by atoms with van der Waals surface area (Å²) in [7, 11) is 0. The molecule has 4 nitrogen and oxygen atoms in total. The van der Waals surface area contributed by atoms with Gasteiger partial charge in [-0.2, -0.15) is 0 Å². The molecule has 0 spiro atoms. The summed E-state index contributed by atoms with van der Waals surface area (Å²) < 4.78 is 5.55. The Bertz CT molecular complexity index is 471. The summed E-state index contributed by atoms with van der Waals surface area (Å²) in [6.07, 6.45) is 3.40. The number of pyridine rings is 1. The van der Waals surface area contributed by atoms with E-state index >= 15 is 0 Å². The fourth-order valence-corrected chi connectivity index (χ4v) is 1.38. The second-order valence-corrected chi connectivity index (χ2v) is 4.01. The van der Waals surface area contributed by atoms with Crippen molar-refractivity contribution in [1.29, 1.82) is 0 Å². The Hall–Kier alpha value is -1.97. The molecule has 88 valence electrons. The van der Waals surface area contributed by atoms with Crippen LogP contribution in [0.3, 0.4) is 0 Å². The summed E-state index contributed by atoms with van der Waals surface area (Å²) in [5, 5.41) is 0. The lowest BCUT2D eigenvalue weighted by Gasteiger charge is -2.07. The van der Waals surface area contributed by atoms with E-state index < -0.39 is 0 Å². The maximum atomic E-state index is 5.55. The Morgan fingerprint density at radius 3 is 2.59 bits per heavy atom. The Balaban J connectivity index is 2.02. The van der Waals surface area contributed by atoms with Crippen molar-refractivity contribution in [3.8, 4) is 5.88 Å². The average Bonchev–Trinajstić information content (AvgIpc) is 2.38. The van der Waals surface area contributed by atoms with E-state index in [0.29, 0.717) is 24.2 Å². The molecule has 0 aromatic carbocycles. The van der Waals surface area contributed by atoms with Gasteiger partial charge >= 0.3 is 0 Å². The van der Waals surface area contributed by atoms with E-state index in [1.807, 2.05) is 18.2 Å². The van der Waals surface area contributed by atoms with Crippen molar-refractivity contribution in [2.24, 2.45) is 0 Å². The molecule has 0 aliphatic heterocycles. The minimum atomic E-state index is 0.343. The maximum absolute atomic E-state index is 5.55. The molecule has 0 radical (unpaired) electrons. The van der Waals surface area contributed by atoms with Gasteiger partial charge in [0, 0.05) is 24.2 Å². The summed E-state index contributed by atoms with van der Waals surface area (Å²) in [5.74, 6) is 1.67. The van der Waals surface area contributed by atoms with Gasteiger partial charge in [-0.05, 0) is 18.1 Å². The molecule has 0 atom stereocenters. The first kappa shape index (κ1) is 11.5. The van der Waals surface area contributed by atoms with Crippen LogP contribution in [0.1, 0.15) is 31.3 Å². The van der Waals surface area contributed by atoms with E-state index in [0.717, 1.165) is 5.69 Å². The largest absolute Gasteiger partial charge is 0.469 e. The van der Waals surface area contributed by atoms with Gasteiger partial charge in [0.2, 0.25) is 5.88 Å². The van der Waals surface area contributed by atoms with Crippen LogP contribution in [0, 0.1) is 0 Å². The van der Waals surface area contributed by atoms with Crippen LogP contribution in [0.15, 0.2) is 36.7 Å². The normalized spacial score (nSPS) is 10.5. The van der Waals surface area contributed by atoms with Crippen molar-refractivity contribution in [3.63, 3.8) is 0 Å². The van der Waals surface area contributed by atoms with Crippen LogP contribution in [0.2, 0.25) is 0 Å². The highest BCUT2D eigenvalue weighted by atomic mass is 16.5. The predicted octanol–water partition coefficient (Wildman–Crippen LogP) is 2.57. The highest BCUT2D eigenvalue weighted by Gasteiger charge is 2.03. The molecular formula is C13H15N3O.